The summed E-state index contributed by atoms with van der Waals surface area (Å²) in [5.41, 5.74) is 1.54. The maximum absolute atomic E-state index is 12.6. The van der Waals surface area contributed by atoms with Crippen molar-refractivity contribution in [2.75, 3.05) is 30.3 Å². The number of methoxy groups -OCH3 is 1. The minimum Gasteiger partial charge on any atom is -0.496 e. The largest absolute Gasteiger partial charge is 0.496 e. The van der Waals surface area contributed by atoms with Crippen LogP contribution in [0.25, 0.3) is 0 Å². The summed E-state index contributed by atoms with van der Waals surface area (Å²) in [6.07, 6.45) is 0.596. The van der Waals surface area contributed by atoms with Gasteiger partial charge in [-0.2, -0.15) is 0 Å². The number of sulfonamides is 1. The lowest BCUT2D eigenvalue weighted by Crippen LogP contribution is -2.51. The standard InChI is InChI=1S/C21H26N2O5S/c1-3-29(25,26)23-15-20(28-19-13-7-5-11-17(19)23)21(24)22-14-8-10-16-9-4-6-12-18(16)27-2/h4-7,9,11-13,20H,3,8,10,14-15H2,1-2H3,(H,22,24). The third kappa shape index (κ3) is 4.82. The molecule has 2 aromatic carbocycles. The van der Waals surface area contributed by atoms with Crippen LogP contribution in [0.1, 0.15) is 18.9 Å². The Morgan fingerprint density at radius 2 is 1.93 bits per heavy atom. The molecule has 1 aliphatic heterocycles. The van der Waals surface area contributed by atoms with E-state index in [-0.39, 0.29) is 18.2 Å². The second-order valence-electron chi connectivity index (χ2n) is 6.71. The Balaban J connectivity index is 1.61. The summed E-state index contributed by atoms with van der Waals surface area (Å²) in [4.78, 5) is 12.6. The van der Waals surface area contributed by atoms with Gasteiger partial charge in [-0.1, -0.05) is 30.3 Å². The Kier molecular flexibility index (Phi) is 6.64. The van der Waals surface area contributed by atoms with Crippen molar-refractivity contribution < 1.29 is 22.7 Å². The van der Waals surface area contributed by atoms with Crippen molar-refractivity contribution in [2.24, 2.45) is 0 Å². The zero-order chi connectivity index (χ0) is 20.9. The van der Waals surface area contributed by atoms with Gasteiger partial charge in [-0.25, -0.2) is 8.42 Å². The van der Waals surface area contributed by atoms with Crippen molar-refractivity contribution in [3.63, 3.8) is 0 Å². The maximum atomic E-state index is 12.6. The van der Waals surface area contributed by atoms with E-state index in [4.69, 9.17) is 9.47 Å². The molecular formula is C21H26N2O5S. The van der Waals surface area contributed by atoms with E-state index in [1.165, 1.54) is 4.31 Å². The van der Waals surface area contributed by atoms with Crippen LogP contribution in [-0.2, 0) is 21.2 Å². The lowest BCUT2D eigenvalue weighted by Gasteiger charge is -2.34. The van der Waals surface area contributed by atoms with Crippen molar-refractivity contribution in [3.8, 4) is 11.5 Å². The van der Waals surface area contributed by atoms with Crippen molar-refractivity contribution >= 4 is 21.6 Å². The minimum atomic E-state index is -3.51. The van der Waals surface area contributed by atoms with Gasteiger partial charge < -0.3 is 14.8 Å². The van der Waals surface area contributed by atoms with Gasteiger partial charge in [0.2, 0.25) is 10.0 Å². The van der Waals surface area contributed by atoms with Gasteiger partial charge in [0.25, 0.3) is 5.91 Å². The highest BCUT2D eigenvalue weighted by molar-refractivity contribution is 7.92. The van der Waals surface area contributed by atoms with Crippen molar-refractivity contribution in [1.82, 2.24) is 5.32 Å². The van der Waals surface area contributed by atoms with E-state index in [9.17, 15) is 13.2 Å². The molecule has 1 heterocycles. The van der Waals surface area contributed by atoms with Crippen molar-refractivity contribution in [1.29, 1.82) is 0 Å². The summed E-state index contributed by atoms with van der Waals surface area (Å²) >= 11 is 0. The molecule has 0 fully saturated rings. The lowest BCUT2D eigenvalue weighted by atomic mass is 10.1. The fraction of sp³-hybridized carbons (Fsp3) is 0.381. The number of ether oxygens (including phenoxy) is 2. The van der Waals surface area contributed by atoms with E-state index in [1.807, 2.05) is 24.3 Å². The Labute approximate surface area is 171 Å². The fourth-order valence-electron chi connectivity index (χ4n) is 3.27. The molecule has 0 spiro atoms. The van der Waals surface area contributed by atoms with Crippen molar-refractivity contribution in [2.45, 2.75) is 25.9 Å². The minimum absolute atomic E-state index is 0.0362. The predicted molar refractivity (Wildman–Crippen MR) is 112 cm³/mol. The zero-order valence-electron chi connectivity index (χ0n) is 16.6. The first kappa shape index (κ1) is 21.0. The number of carbonyl (C=O) groups is 1. The van der Waals surface area contributed by atoms with Gasteiger partial charge in [-0.3, -0.25) is 9.10 Å². The summed E-state index contributed by atoms with van der Waals surface area (Å²) in [6.45, 7) is 2.00. The van der Waals surface area contributed by atoms with E-state index < -0.39 is 16.1 Å². The predicted octanol–water partition coefficient (Wildman–Crippen LogP) is 2.36. The van der Waals surface area contributed by atoms with E-state index in [0.717, 1.165) is 24.2 Å². The summed E-state index contributed by atoms with van der Waals surface area (Å²) in [5.74, 6) is 0.849. The first-order valence-electron chi connectivity index (χ1n) is 9.62. The maximum Gasteiger partial charge on any atom is 0.263 e. The first-order valence-corrected chi connectivity index (χ1v) is 11.2. The van der Waals surface area contributed by atoms with Crippen LogP contribution in [-0.4, -0.2) is 46.4 Å². The smallest absolute Gasteiger partial charge is 0.263 e. The molecule has 156 valence electrons. The molecule has 2 aromatic rings. The van der Waals surface area contributed by atoms with Gasteiger partial charge in [0.15, 0.2) is 6.10 Å². The number of hydrogen-bond acceptors (Lipinski definition) is 5. The molecule has 1 atom stereocenters. The first-order chi connectivity index (χ1) is 14.0. The molecule has 0 saturated carbocycles. The number of rotatable bonds is 8. The van der Waals surface area contributed by atoms with E-state index in [1.54, 1.807) is 38.3 Å². The molecule has 1 unspecified atom stereocenters. The number of nitrogens with one attached hydrogen (secondary N) is 1. The van der Waals surface area contributed by atoms with E-state index in [0.29, 0.717) is 18.0 Å². The van der Waals surface area contributed by atoms with Gasteiger partial charge in [-0.15, -0.1) is 0 Å². The number of anilines is 1. The molecule has 8 heteroatoms. The fourth-order valence-corrected chi connectivity index (χ4v) is 4.40. The van der Waals surface area contributed by atoms with Crippen LogP contribution >= 0.6 is 0 Å². The van der Waals surface area contributed by atoms with Gasteiger partial charge in [0.05, 0.1) is 25.1 Å². The molecule has 0 radical (unpaired) electrons. The number of fused-ring (bicyclic) bond motifs is 1. The number of carbonyl (C=O) groups excluding carboxylic acids is 1. The van der Waals surface area contributed by atoms with Crippen LogP contribution in [0.2, 0.25) is 0 Å². The molecule has 29 heavy (non-hydrogen) atoms. The second-order valence-corrected chi connectivity index (χ2v) is 8.89. The molecule has 1 aliphatic rings. The zero-order valence-corrected chi connectivity index (χ0v) is 17.4. The number of hydrogen-bond donors (Lipinski definition) is 1. The summed E-state index contributed by atoms with van der Waals surface area (Å²) < 4.78 is 37.4. The molecule has 1 amide bonds. The quantitative estimate of drug-likeness (QED) is 0.666. The highest BCUT2D eigenvalue weighted by Crippen LogP contribution is 2.35. The monoisotopic (exact) mass is 418 g/mol. The average molecular weight is 419 g/mol. The number of aryl methyl sites for hydroxylation is 1. The third-order valence-corrected chi connectivity index (χ3v) is 6.59. The van der Waals surface area contributed by atoms with Crippen LogP contribution in [0.15, 0.2) is 48.5 Å². The number of benzene rings is 2. The molecule has 0 aromatic heterocycles. The van der Waals surface area contributed by atoms with E-state index in [2.05, 4.69) is 5.32 Å². The average Bonchev–Trinajstić information content (AvgIpc) is 2.75. The second kappa shape index (κ2) is 9.17. The number of para-hydroxylation sites is 3. The van der Waals surface area contributed by atoms with Gasteiger partial charge >= 0.3 is 0 Å². The van der Waals surface area contributed by atoms with Gasteiger partial charge in [0, 0.05) is 6.54 Å². The normalized spacial score (nSPS) is 15.9. The summed E-state index contributed by atoms with van der Waals surface area (Å²) in [5, 5.41) is 2.85. The van der Waals surface area contributed by atoms with Crippen LogP contribution in [0.4, 0.5) is 5.69 Å². The van der Waals surface area contributed by atoms with Crippen molar-refractivity contribution in [3.05, 3.63) is 54.1 Å². The van der Waals surface area contributed by atoms with Crippen LogP contribution < -0.4 is 19.1 Å². The summed E-state index contributed by atoms with van der Waals surface area (Å²) in [7, 11) is -1.88. The molecular weight excluding hydrogens is 392 g/mol. The van der Waals surface area contributed by atoms with E-state index >= 15 is 0 Å². The van der Waals surface area contributed by atoms with Crippen LogP contribution in [0, 0.1) is 0 Å². The Bertz CT molecular complexity index is 961. The molecule has 7 nitrogen and oxygen atoms in total. The number of nitrogens with zero attached hydrogens (tertiary/aromatic N) is 1. The molecule has 0 bridgehead atoms. The molecule has 0 saturated heterocycles. The highest BCUT2D eigenvalue weighted by atomic mass is 32.2. The van der Waals surface area contributed by atoms with Crippen LogP contribution in [0.3, 0.4) is 0 Å². The Hall–Kier alpha value is -2.74. The Morgan fingerprint density at radius 1 is 1.21 bits per heavy atom. The molecule has 0 aliphatic carbocycles. The van der Waals surface area contributed by atoms with Crippen LogP contribution in [0.5, 0.6) is 11.5 Å². The van der Waals surface area contributed by atoms with Gasteiger partial charge in [0.1, 0.15) is 11.5 Å². The number of amides is 1. The Morgan fingerprint density at radius 3 is 2.69 bits per heavy atom. The summed E-state index contributed by atoms with van der Waals surface area (Å²) in [6, 6.07) is 14.6. The van der Waals surface area contributed by atoms with Gasteiger partial charge in [-0.05, 0) is 43.5 Å². The molecule has 3 rings (SSSR count). The third-order valence-electron chi connectivity index (χ3n) is 4.84. The topological polar surface area (TPSA) is 84.9 Å². The lowest BCUT2D eigenvalue weighted by molar-refractivity contribution is -0.127. The SMILES string of the molecule is CCS(=O)(=O)N1CC(C(=O)NCCCc2ccccc2OC)Oc2ccccc21. The highest BCUT2D eigenvalue weighted by Gasteiger charge is 2.35. The molecule has 1 N–H and O–H groups in total.